The van der Waals surface area contributed by atoms with Crippen LogP contribution in [0.15, 0.2) is 64.3 Å². The van der Waals surface area contributed by atoms with E-state index in [4.69, 9.17) is 5.73 Å². The van der Waals surface area contributed by atoms with E-state index in [0.717, 1.165) is 21.4 Å². The van der Waals surface area contributed by atoms with Crippen LogP contribution in [0.25, 0.3) is 27.8 Å². The van der Waals surface area contributed by atoms with E-state index in [1.54, 1.807) is 24.3 Å². The number of phenols is 1. The summed E-state index contributed by atoms with van der Waals surface area (Å²) in [5, 5.41) is 10.5. The second-order valence-electron chi connectivity index (χ2n) is 8.80. The maximum Gasteiger partial charge on any atom is 0.337 e. The standard InChI is InChI=1S/C26H23FN4O4/c27-16-10-21-24(29-13-16)31(26(35)30(25(21)34)18-8-6-17(28)7-9-18)23-12-19(33)11-20(22(23)14-32)15-4-2-1-3-5-15/h1-5,10-14,17-18,33H,6-9,28H2. The Hall–Kier alpha value is -4.11. The number of nitrogens with two attached hydrogens (primary N) is 1. The van der Waals surface area contributed by atoms with Crippen LogP contribution >= 0.6 is 0 Å². The van der Waals surface area contributed by atoms with Crippen molar-refractivity contribution >= 4 is 17.3 Å². The van der Waals surface area contributed by atoms with E-state index < -0.39 is 23.1 Å². The minimum absolute atomic E-state index is 0.00934. The Kier molecular flexibility index (Phi) is 5.78. The minimum atomic E-state index is -0.728. The minimum Gasteiger partial charge on any atom is -0.508 e. The molecule has 2 heterocycles. The zero-order valence-electron chi connectivity index (χ0n) is 18.7. The highest BCUT2D eigenvalue weighted by molar-refractivity contribution is 5.94. The Bertz CT molecular complexity index is 1550. The van der Waals surface area contributed by atoms with Gasteiger partial charge in [0.2, 0.25) is 0 Å². The molecule has 5 rings (SSSR count). The van der Waals surface area contributed by atoms with Gasteiger partial charge in [0, 0.05) is 23.7 Å². The van der Waals surface area contributed by atoms with E-state index in [2.05, 4.69) is 4.98 Å². The summed E-state index contributed by atoms with van der Waals surface area (Å²) in [4.78, 5) is 43.6. The van der Waals surface area contributed by atoms with Crippen molar-refractivity contribution in [3.8, 4) is 22.6 Å². The summed E-state index contributed by atoms with van der Waals surface area (Å²) in [5.41, 5.74) is 5.78. The number of aromatic hydroxyl groups is 1. The van der Waals surface area contributed by atoms with Gasteiger partial charge in [-0.3, -0.25) is 14.2 Å². The number of halogens is 1. The number of pyridine rings is 1. The largest absolute Gasteiger partial charge is 0.508 e. The Morgan fingerprint density at radius 1 is 1.06 bits per heavy atom. The Morgan fingerprint density at radius 3 is 2.46 bits per heavy atom. The van der Waals surface area contributed by atoms with Gasteiger partial charge in [-0.15, -0.1) is 0 Å². The molecule has 9 heteroatoms. The lowest BCUT2D eigenvalue weighted by molar-refractivity contribution is 0.112. The highest BCUT2D eigenvalue weighted by Gasteiger charge is 2.27. The molecule has 0 spiro atoms. The first-order valence-electron chi connectivity index (χ1n) is 11.4. The van der Waals surface area contributed by atoms with Crippen molar-refractivity contribution in [1.29, 1.82) is 0 Å². The number of phenolic OH excluding ortho intramolecular Hbond substituents is 1. The Morgan fingerprint density at radius 2 is 1.77 bits per heavy atom. The molecule has 1 aliphatic carbocycles. The zero-order chi connectivity index (χ0) is 24.7. The van der Waals surface area contributed by atoms with Crippen LogP contribution in [0, 0.1) is 5.82 Å². The molecule has 0 radical (unpaired) electrons. The summed E-state index contributed by atoms with van der Waals surface area (Å²) >= 11 is 0. The molecular formula is C26H23FN4O4. The Balaban J connectivity index is 1.87. The average Bonchev–Trinajstić information content (AvgIpc) is 2.86. The predicted molar refractivity (Wildman–Crippen MR) is 130 cm³/mol. The number of fused-ring (bicyclic) bond motifs is 1. The molecular weight excluding hydrogens is 451 g/mol. The number of hydrogen-bond acceptors (Lipinski definition) is 6. The van der Waals surface area contributed by atoms with Crippen LogP contribution in [0.5, 0.6) is 5.75 Å². The molecule has 0 unspecified atom stereocenters. The van der Waals surface area contributed by atoms with Gasteiger partial charge in [0.1, 0.15) is 11.6 Å². The molecule has 4 aromatic rings. The van der Waals surface area contributed by atoms with Crippen LogP contribution in [0.1, 0.15) is 42.1 Å². The summed E-state index contributed by atoms with van der Waals surface area (Å²) in [6.45, 7) is 0. The summed E-state index contributed by atoms with van der Waals surface area (Å²) < 4.78 is 16.4. The summed E-state index contributed by atoms with van der Waals surface area (Å²) in [6.07, 6.45) is 3.80. The van der Waals surface area contributed by atoms with Crippen LogP contribution < -0.4 is 17.0 Å². The van der Waals surface area contributed by atoms with Crippen LogP contribution in [-0.4, -0.2) is 31.6 Å². The summed E-state index contributed by atoms with van der Waals surface area (Å²) in [5.74, 6) is -0.915. The molecule has 2 aromatic heterocycles. The summed E-state index contributed by atoms with van der Waals surface area (Å²) in [6, 6.07) is 12.2. The number of rotatable bonds is 4. The molecule has 0 atom stereocenters. The number of hydrogen-bond donors (Lipinski definition) is 2. The second-order valence-corrected chi connectivity index (χ2v) is 8.80. The number of aromatic nitrogens is 3. The molecule has 3 N–H and O–H groups in total. The van der Waals surface area contributed by atoms with E-state index >= 15 is 0 Å². The van der Waals surface area contributed by atoms with E-state index in [-0.39, 0.29) is 34.1 Å². The predicted octanol–water partition coefficient (Wildman–Crippen LogP) is 3.31. The van der Waals surface area contributed by atoms with Gasteiger partial charge in [-0.2, -0.15) is 0 Å². The van der Waals surface area contributed by atoms with Gasteiger partial charge in [-0.05, 0) is 48.9 Å². The van der Waals surface area contributed by atoms with Gasteiger partial charge in [-0.25, -0.2) is 18.7 Å². The van der Waals surface area contributed by atoms with E-state index in [9.17, 15) is 23.9 Å². The van der Waals surface area contributed by atoms with Crippen molar-refractivity contribution in [1.82, 2.24) is 14.1 Å². The molecule has 178 valence electrons. The van der Waals surface area contributed by atoms with Gasteiger partial charge in [0.25, 0.3) is 5.56 Å². The highest BCUT2D eigenvalue weighted by Crippen LogP contribution is 2.32. The van der Waals surface area contributed by atoms with Crippen LogP contribution in [0.3, 0.4) is 0 Å². The van der Waals surface area contributed by atoms with Crippen molar-refractivity contribution in [2.24, 2.45) is 5.73 Å². The monoisotopic (exact) mass is 474 g/mol. The number of nitrogens with zero attached hydrogens (tertiary/aromatic N) is 3. The molecule has 0 aliphatic heterocycles. The third-order valence-corrected chi connectivity index (χ3v) is 6.58. The lowest BCUT2D eigenvalue weighted by Crippen LogP contribution is -2.44. The topological polar surface area (TPSA) is 120 Å². The summed E-state index contributed by atoms with van der Waals surface area (Å²) in [7, 11) is 0. The molecule has 8 nitrogen and oxygen atoms in total. The smallest absolute Gasteiger partial charge is 0.337 e. The molecule has 0 saturated heterocycles. The normalized spacial score (nSPS) is 18.0. The van der Waals surface area contributed by atoms with Crippen molar-refractivity contribution in [2.45, 2.75) is 37.8 Å². The van der Waals surface area contributed by atoms with Crippen molar-refractivity contribution in [3.05, 3.63) is 86.9 Å². The van der Waals surface area contributed by atoms with Crippen LogP contribution in [0.2, 0.25) is 0 Å². The first-order valence-corrected chi connectivity index (χ1v) is 11.4. The first kappa shape index (κ1) is 22.7. The van der Waals surface area contributed by atoms with Crippen LogP contribution in [-0.2, 0) is 0 Å². The molecule has 0 bridgehead atoms. The fourth-order valence-electron chi connectivity index (χ4n) is 4.87. The maximum atomic E-state index is 14.2. The Labute approximate surface area is 199 Å². The van der Waals surface area contributed by atoms with Gasteiger partial charge in [-0.1, -0.05) is 30.3 Å². The number of benzene rings is 2. The van der Waals surface area contributed by atoms with Gasteiger partial charge in [0.05, 0.1) is 17.3 Å². The maximum absolute atomic E-state index is 14.2. The third-order valence-electron chi connectivity index (χ3n) is 6.58. The zero-order valence-corrected chi connectivity index (χ0v) is 18.7. The van der Waals surface area contributed by atoms with Crippen molar-refractivity contribution in [2.75, 3.05) is 0 Å². The second kappa shape index (κ2) is 8.92. The molecule has 2 aromatic carbocycles. The number of carbonyl (C=O) groups is 1. The van der Waals surface area contributed by atoms with E-state index in [1.165, 1.54) is 12.1 Å². The van der Waals surface area contributed by atoms with Gasteiger partial charge >= 0.3 is 5.69 Å². The van der Waals surface area contributed by atoms with Gasteiger partial charge < -0.3 is 10.8 Å². The van der Waals surface area contributed by atoms with Crippen molar-refractivity contribution in [3.63, 3.8) is 0 Å². The quantitative estimate of drug-likeness (QED) is 0.438. The highest BCUT2D eigenvalue weighted by atomic mass is 19.1. The number of aldehydes is 1. The molecule has 1 fully saturated rings. The number of carbonyl (C=O) groups excluding carboxylic acids is 1. The molecule has 0 amide bonds. The lowest BCUT2D eigenvalue weighted by Gasteiger charge is -2.28. The lowest BCUT2D eigenvalue weighted by atomic mass is 9.91. The van der Waals surface area contributed by atoms with E-state index in [0.29, 0.717) is 43.1 Å². The molecule has 1 saturated carbocycles. The average molecular weight is 474 g/mol. The van der Waals surface area contributed by atoms with Crippen molar-refractivity contribution < 1.29 is 14.3 Å². The fourth-order valence-corrected chi connectivity index (χ4v) is 4.87. The fraction of sp³-hybridized carbons (Fsp3) is 0.231. The third kappa shape index (κ3) is 3.93. The SMILES string of the molecule is NC1CCC(n2c(=O)c3cc(F)cnc3n(-c3cc(O)cc(-c4ccccc4)c3C=O)c2=O)CC1. The first-order chi connectivity index (χ1) is 16.9. The van der Waals surface area contributed by atoms with Crippen LogP contribution in [0.4, 0.5) is 4.39 Å². The molecule has 1 aliphatic rings. The van der Waals surface area contributed by atoms with E-state index in [1.807, 2.05) is 6.07 Å². The molecule has 35 heavy (non-hydrogen) atoms. The van der Waals surface area contributed by atoms with Gasteiger partial charge in [0.15, 0.2) is 11.9 Å².